The maximum Gasteiger partial charge on any atom is 0.261 e. The van der Waals surface area contributed by atoms with E-state index in [9.17, 15) is 22.3 Å². The summed E-state index contributed by atoms with van der Waals surface area (Å²) < 4.78 is 53.3. The Hall–Kier alpha value is -2.97. The normalized spacial score (nSPS) is 12.0. The number of halogens is 3. The van der Waals surface area contributed by atoms with Crippen LogP contribution in [0.4, 0.5) is 14.5 Å². The van der Waals surface area contributed by atoms with Crippen LogP contribution in [0.1, 0.15) is 11.1 Å². The highest BCUT2D eigenvalue weighted by Gasteiger charge is 2.16. The molecule has 0 aromatic heterocycles. The standard InChI is InChI=1S/C20H15ClF2N2O3S/c21-15-6-4-13(5-7-15)12-24-20(26)14-2-1-3-16(10-14)25-29(27,28)17-8-9-18(22)19(23)11-17/h1-11,25H,12H2,(H,24,26)/p-1. The molecule has 0 aliphatic heterocycles. The monoisotopic (exact) mass is 435 g/mol. The summed E-state index contributed by atoms with van der Waals surface area (Å²) in [4.78, 5) is 3.52. The molecule has 3 rings (SSSR count). The second-order valence-corrected chi connectivity index (χ2v) is 8.13. The molecule has 0 aliphatic rings. The van der Waals surface area contributed by atoms with E-state index in [1.165, 1.54) is 24.3 Å². The molecule has 0 heterocycles. The van der Waals surface area contributed by atoms with E-state index in [1.54, 1.807) is 24.3 Å². The van der Waals surface area contributed by atoms with Gasteiger partial charge in [0.1, 0.15) is 0 Å². The van der Waals surface area contributed by atoms with Crippen LogP contribution in [-0.4, -0.2) is 14.3 Å². The fourth-order valence-corrected chi connectivity index (χ4v) is 3.60. The SMILES string of the molecule is O=S(=O)(Nc1cccc(C([O-])=NCc2ccc(Cl)cc2)c1)c1ccc(F)c(F)c1. The summed E-state index contributed by atoms with van der Waals surface area (Å²) in [5.74, 6) is -2.97. The van der Waals surface area contributed by atoms with Gasteiger partial charge in [0, 0.05) is 10.7 Å². The lowest BCUT2D eigenvalue weighted by Crippen LogP contribution is -2.20. The van der Waals surface area contributed by atoms with Crippen LogP contribution in [0.2, 0.25) is 5.02 Å². The molecule has 0 saturated heterocycles. The van der Waals surface area contributed by atoms with Gasteiger partial charge in [-0.05, 0) is 59.5 Å². The molecular formula is C20H14ClF2N2O3S-. The molecule has 3 aromatic carbocycles. The Bertz CT molecular complexity index is 1170. The summed E-state index contributed by atoms with van der Waals surface area (Å²) in [6, 6.07) is 14.8. The van der Waals surface area contributed by atoms with E-state index in [2.05, 4.69) is 9.71 Å². The van der Waals surface area contributed by atoms with Crippen molar-refractivity contribution >= 4 is 33.2 Å². The van der Waals surface area contributed by atoms with Crippen LogP contribution >= 0.6 is 11.6 Å². The van der Waals surface area contributed by atoms with E-state index in [0.29, 0.717) is 11.1 Å². The van der Waals surface area contributed by atoms with E-state index in [1.807, 2.05) is 0 Å². The van der Waals surface area contributed by atoms with Gasteiger partial charge in [0.25, 0.3) is 10.0 Å². The maximum absolute atomic E-state index is 13.3. The first-order valence-electron chi connectivity index (χ1n) is 8.29. The molecule has 0 bridgehead atoms. The van der Waals surface area contributed by atoms with Gasteiger partial charge in [0.15, 0.2) is 11.6 Å². The lowest BCUT2D eigenvalue weighted by molar-refractivity contribution is -0.213. The van der Waals surface area contributed by atoms with Crippen LogP contribution < -0.4 is 9.83 Å². The topological polar surface area (TPSA) is 81.6 Å². The zero-order valence-electron chi connectivity index (χ0n) is 14.8. The Morgan fingerprint density at radius 2 is 1.72 bits per heavy atom. The van der Waals surface area contributed by atoms with E-state index in [-0.39, 0.29) is 17.8 Å². The molecule has 0 radical (unpaired) electrons. The molecule has 3 aromatic rings. The second kappa shape index (κ2) is 8.59. The minimum atomic E-state index is -4.17. The van der Waals surface area contributed by atoms with Crippen LogP contribution in [0, 0.1) is 11.6 Å². The third-order valence-corrected chi connectivity index (χ3v) is 5.51. The molecule has 0 amide bonds. The molecule has 150 valence electrons. The van der Waals surface area contributed by atoms with Crippen molar-refractivity contribution in [3.63, 3.8) is 0 Å². The van der Waals surface area contributed by atoms with Crippen molar-refractivity contribution in [3.8, 4) is 0 Å². The van der Waals surface area contributed by atoms with E-state index in [0.717, 1.165) is 17.7 Å². The Labute approximate surface area is 171 Å². The number of hydrogen-bond acceptors (Lipinski definition) is 4. The highest BCUT2D eigenvalue weighted by Crippen LogP contribution is 2.19. The van der Waals surface area contributed by atoms with Crippen LogP contribution in [0.25, 0.3) is 0 Å². The molecule has 1 N–H and O–H groups in total. The fourth-order valence-electron chi connectivity index (χ4n) is 2.42. The van der Waals surface area contributed by atoms with Crippen LogP contribution in [0.5, 0.6) is 0 Å². The fraction of sp³-hybridized carbons (Fsp3) is 0.0500. The zero-order chi connectivity index (χ0) is 21.0. The predicted octanol–water partition coefficient (Wildman–Crippen LogP) is 3.73. The van der Waals surface area contributed by atoms with Crippen LogP contribution in [0.15, 0.2) is 76.6 Å². The van der Waals surface area contributed by atoms with Gasteiger partial charge in [-0.1, -0.05) is 35.9 Å². The zero-order valence-corrected chi connectivity index (χ0v) is 16.3. The highest BCUT2D eigenvalue weighted by molar-refractivity contribution is 7.92. The average Bonchev–Trinajstić information content (AvgIpc) is 2.69. The van der Waals surface area contributed by atoms with Gasteiger partial charge < -0.3 is 5.11 Å². The summed E-state index contributed by atoms with van der Waals surface area (Å²) in [6.07, 6.45) is 0. The molecule has 0 aliphatic carbocycles. The van der Waals surface area contributed by atoms with Crippen molar-refractivity contribution in [2.24, 2.45) is 4.99 Å². The summed E-state index contributed by atoms with van der Waals surface area (Å²) in [5.41, 5.74) is 1.05. The van der Waals surface area contributed by atoms with Crippen LogP contribution in [-0.2, 0) is 16.6 Å². The third-order valence-electron chi connectivity index (χ3n) is 3.88. The number of hydrogen-bond donors (Lipinski definition) is 1. The van der Waals surface area contributed by atoms with Gasteiger partial charge in [-0.25, -0.2) is 17.2 Å². The van der Waals surface area contributed by atoms with Gasteiger partial charge in [-0.15, -0.1) is 0 Å². The smallest absolute Gasteiger partial charge is 0.261 e. The van der Waals surface area contributed by atoms with Crippen LogP contribution in [0.3, 0.4) is 0 Å². The number of aliphatic imine (C=N–C) groups is 1. The first-order valence-corrected chi connectivity index (χ1v) is 10.1. The van der Waals surface area contributed by atoms with Crippen molar-refractivity contribution in [1.29, 1.82) is 0 Å². The summed E-state index contributed by atoms with van der Waals surface area (Å²) in [7, 11) is -4.17. The average molecular weight is 436 g/mol. The molecule has 0 fully saturated rings. The minimum absolute atomic E-state index is 0.0854. The molecule has 29 heavy (non-hydrogen) atoms. The van der Waals surface area contributed by atoms with Crippen molar-refractivity contribution in [3.05, 3.63) is 94.5 Å². The first kappa shape index (κ1) is 20.8. The summed E-state index contributed by atoms with van der Waals surface area (Å²) in [5, 5.41) is 12.9. The molecule has 5 nitrogen and oxygen atoms in total. The lowest BCUT2D eigenvalue weighted by Gasteiger charge is -2.14. The van der Waals surface area contributed by atoms with Crippen molar-refractivity contribution in [2.45, 2.75) is 11.4 Å². The van der Waals surface area contributed by atoms with E-state index < -0.39 is 32.5 Å². The predicted molar refractivity (Wildman–Crippen MR) is 105 cm³/mol. The number of sulfonamides is 1. The first-order chi connectivity index (χ1) is 13.7. The molecule has 0 saturated carbocycles. The maximum atomic E-state index is 13.3. The Morgan fingerprint density at radius 1 is 1.00 bits per heavy atom. The number of nitrogens with zero attached hydrogens (tertiary/aromatic N) is 1. The summed E-state index contributed by atoms with van der Waals surface area (Å²) in [6.45, 7) is 0.140. The molecule has 0 unspecified atom stereocenters. The highest BCUT2D eigenvalue weighted by atomic mass is 35.5. The molecule has 9 heteroatoms. The molecule has 0 atom stereocenters. The number of benzene rings is 3. The van der Waals surface area contributed by atoms with Gasteiger partial charge >= 0.3 is 0 Å². The second-order valence-electron chi connectivity index (χ2n) is 6.01. The number of anilines is 1. The van der Waals surface area contributed by atoms with Crippen molar-refractivity contribution in [2.75, 3.05) is 4.72 Å². The van der Waals surface area contributed by atoms with Gasteiger partial charge in [0.05, 0.1) is 11.4 Å². The van der Waals surface area contributed by atoms with E-state index in [4.69, 9.17) is 11.6 Å². The van der Waals surface area contributed by atoms with Crippen molar-refractivity contribution in [1.82, 2.24) is 0 Å². The largest absolute Gasteiger partial charge is 0.858 e. The Kier molecular flexibility index (Phi) is 6.14. The quantitative estimate of drug-likeness (QED) is 0.473. The Morgan fingerprint density at radius 3 is 2.41 bits per heavy atom. The van der Waals surface area contributed by atoms with Gasteiger partial charge in [-0.3, -0.25) is 9.71 Å². The van der Waals surface area contributed by atoms with Gasteiger partial charge in [-0.2, -0.15) is 0 Å². The summed E-state index contributed by atoms with van der Waals surface area (Å²) >= 11 is 5.81. The minimum Gasteiger partial charge on any atom is -0.858 e. The number of nitrogens with one attached hydrogen (secondary N) is 1. The number of rotatable bonds is 6. The van der Waals surface area contributed by atoms with Crippen molar-refractivity contribution < 1.29 is 22.3 Å². The molecular weight excluding hydrogens is 422 g/mol. The van der Waals surface area contributed by atoms with Gasteiger partial charge in [0.2, 0.25) is 0 Å². The van der Waals surface area contributed by atoms with E-state index >= 15 is 0 Å². The third kappa shape index (κ3) is 5.30. The Balaban J connectivity index is 1.78. The molecule has 0 spiro atoms. The lowest BCUT2D eigenvalue weighted by atomic mass is 10.2.